The minimum absolute atomic E-state index is 0.207. The van der Waals surface area contributed by atoms with Gasteiger partial charge < -0.3 is 15.5 Å². The zero-order chi connectivity index (χ0) is 15.0. The van der Waals surface area contributed by atoms with Crippen LogP contribution >= 0.6 is 11.6 Å². The summed E-state index contributed by atoms with van der Waals surface area (Å²) in [5, 5.41) is 2.95. The number of ether oxygens (including phenoxy) is 1. The van der Waals surface area contributed by atoms with Gasteiger partial charge in [0.15, 0.2) is 0 Å². The molecule has 0 radical (unpaired) electrons. The number of hydrazine groups is 1. The number of hydrogen-bond acceptors (Lipinski definition) is 5. The predicted molar refractivity (Wildman–Crippen MR) is 79.7 cm³/mol. The summed E-state index contributed by atoms with van der Waals surface area (Å²) in [5.41, 5.74) is 2.76. The van der Waals surface area contributed by atoms with Crippen molar-refractivity contribution < 1.29 is 9.53 Å². The van der Waals surface area contributed by atoms with Gasteiger partial charge in [-0.05, 0) is 24.5 Å². The second-order valence-electron chi connectivity index (χ2n) is 4.76. The number of hydrogen-bond donors (Lipinski definition) is 3. The monoisotopic (exact) mass is 300 g/mol. The number of nitrogens with one attached hydrogen (secondary N) is 2. The molecule has 0 atom stereocenters. The van der Waals surface area contributed by atoms with E-state index in [1.165, 1.54) is 12.1 Å². The number of amides is 1. The standard InChI is InChI=1S/C13H21ClN4O2/c1-9(2)3-5-20-6-4-16-13(19)10-7-11(14)17-12(8-10)18-15/h7-9H,3-6,15H2,1-2H3,(H,16,19)(H,17,18). The molecule has 112 valence electrons. The maximum atomic E-state index is 11.9. The van der Waals surface area contributed by atoms with E-state index in [4.69, 9.17) is 22.2 Å². The Morgan fingerprint density at radius 3 is 2.85 bits per heavy atom. The van der Waals surface area contributed by atoms with Crippen LogP contribution in [0.3, 0.4) is 0 Å². The Hall–Kier alpha value is -1.37. The second-order valence-corrected chi connectivity index (χ2v) is 5.15. The first kappa shape index (κ1) is 16.7. The molecule has 1 aromatic rings. The van der Waals surface area contributed by atoms with Crippen molar-refractivity contribution in [3.63, 3.8) is 0 Å². The van der Waals surface area contributed by atoms with Crippen LogP contribution in [0.1, 0.15) is 30.6 Å². The molecule has 0 unspecified atom stereocenters. The number of rotatable bonds is 8. The maximum Gasteiger partial charge on any atom is 0.251 e. The van der Waals surface area contributed by atoms with Crippen molar-refractivity contribution in [2.45, 2.75) is 20.3 Å². The van der Waals surface area contributed by atoms with Gasteiger partial charge in [0, 0.05) is 18.7 Å². The molecule has 1 aromatic heterocycles. The molecule has 7 heteroatoms. The third kappa shape index (κ3) is 6.18. The van der Waals surface area contributed by atoms with Crippen molar-refractivity contribution in [1.29, 1.82) is 0 Å². The Morgan fingerprint density at radius 1 is 1.45 bits per heavy atom. The van der Waals surface area contributed by atoms with Gasteiger partial charge in [-0.1, -0.05) is 25.4 Å². The quantitative estimate of drug-likeness (QED) is 0.295. The lowest BCUT2D eigenvalue weighted by molar-refractivity contribution is 0.0906. The molecule has 1 rings (SSSR count). The van der Waals surface area contributed by atoms with Crippen molar-refractivity contribution in [2.75, 3.05) is 25.2 Å². The number of nitrogens with zero attached hydrogens (tertiary/aromatic N) is 1. The highest BCUT2D eigenvalue weighted by Gasteiger charge is 2.08. The summed E-state index contributed by atoms with van der Waals surface area (Å²) in [6, 6.07) is 3.01. The number of pyridine rings is 1. The fraction of sp³-hybridized carbons (Fsp3) is 0.538. The molecule has 20 heavy (non-hydrogen) atoms. The van der Waals surface area contributed by atoms with Crippen LogP contribution in [0.15, 0.2) is 12.1 Å². The zero-order valence-corrected chi connectivity index (χ0v) is 12.5. The first-order valence-electron chi connectivity index (χ1n) is 6.53. The Bertz CT molecular complexity index is 440. The van der Waals surface area contributed by atoms with Crippen molar-refractivity contribution in [3.8, 4) is 0 Å². The molecule has 0 fully saturated rings. The summed E-state index contributed by atoms with van der Waals surface area (Å²) in [4.78, 5) is 15.8. The Labute approximate surface area is 124 Å². The van der Waals surface area contributed by atoms with Gasteiger partial charge in [0.1, 0.15) is 11.0 Å². The fourth-order valence-electron chi connectivity index (χ4n) is 1.46. The molecule has 0 aliphatic heterocycles. The summed E-state index contributed by atoms with van der Waals surface area (Å²) >= 11 is 5.79. The van der Waals surface area contributed by atoms with Gasteiger partial charge in [0.2, 0.25) is 0 Å². The van der Waals surface area contributed by atoms with Crippen molar-refractivity contribution in [3.05, 3.63) is 22.8 Å². The molecular formula is C13H21ClN4O2. The van der Waals surface area contributed by atoms with E-state index >= 15 is 0 Å². The molecule has 6 nitrogen and oxygen atoms in total. The molecule has 4 N–H and O–H groups in total. The molecule has 0 spiro atoms. The van der Waals surface area contributed by atoms with Crippen molar-refractivity contribution >= 4 is 23.3 Å². The van der Waals surface area contributed by atoms with E-state index in [2.05, 4.69) is 29.6 Å². The average molecular weight is 301 g/mol. The van der Waals surface area contributed by atoms with Crippen LogP contribution in [0.2, 0.25) is 5.15 Å². The predicted octanol–water partition coefficient (Wildman–Crippen LogP) is 1.81. The van der Waals surface area contributed by atoms with E-state index in [9.17, 15) is 4.79 Å². The minimum atomic E-state index is -0.238. The van der Waals surface area contributed by atoms with Gasteiger partial charge in [0.25, 0.3) is 5.91 Å². The van der Waals surface area contributed by atoms with Crippen molar-refractivity contribution in [2.24, 2.45) is 11.8 Å². The number of aromatic nitrogens is 1. The topological polar surface area (TPSA) is 89.3 Å². The summed E-state index contributed by atoms with van der Waals surface area (Å²) in [7, 11) is 0. The molecule has 0 aliphatic rings. The van der Waals surface area contributed by atoms with Crippen LogP contribution in [0.4, 0.5) is 5.82 Å². The largest absolute Gasteiger partial charge is 0.380 e. The Balaban J connectivity index is 2.34. The smallest absolute Gasteiger partial charge is 0.251 e. The fourth-order valence-corrected chi connectivity index (χ4v) is 1.67. The molecule has 1 heterocycles. The summed E-state index contributed by atoms with van der Waals surface area (Å²) < 4.78 is 5.41. The maximum absolute atomic E-state index is 11.9. The molecule has 0 bridgehead atoms. The first-order valence-corrected chi connectivity index (χ1v) is 6.91. The van der Waals surface area contributed by atoms with E-state index in [1.54, 1.807) is 0 Å². The van der Waals surface area contributed by atoms with Crippen LogP contribution in [0, 0.1) is 5.92 Å². The summed E-state index contributed by atoms with van der Waals surface area (Å²) in [6.07, 6.45) is 1.01. The van der Waals surface area contributed by atoms with Gasteiger partial charge in [-0.25, -0.2) is 10.8 Å². The molecule has 0 saturated carbocycles. The SMILES string of the molecule is CC(C)CCOCCNC(=O)c1cc(Cl)nc(NN)c1. The number of anilines is 1. The van der Waals surface area contributed by atoms with Crippen LogP contribution in [-0.2, 0) is 4.74 Å². The van der Waals surface area contributed by atoms with E-state index in [0.717, 1.165) is 6.42 Å². The molecule has 0 aliphatic carbocycles. The lowest BCUT2D eigenvalue weighted by atomic mass is 10.1. The van der Waals surface area contributed by atoms with Gasteiger partial charge in [0.05, 0.1) is 6.61 Å². The zero-order valence-electron chi connectivity index (χ0n) is 11.8. The van der Waals surface area contributed by atoms with Crippen molar-refractivity contribution in [1.82, 2.24) is 10.3 Å². The molecule has 1 amide bonds. The third-order valence-electron chi connectivity index (χ3n) is 2.58. The van der Waals surface area contributed by atoms with E-state index < -0.39 is 0 Å². The van der Waals surface area contributed by atoms with E-state index in [0.29, 0.717) is 37.1 Å². The van der Waals surface area contributed by atoms with E-state index in [1.807, 2.05) is 0 Å². The van der Waals surface area contributed by atoms with Gasteiger partial charge in [-0.3, -0.25) is 4.79 Å². The van der Waals surface area contributed by atoms with Gasteiger partial charge in [-0.2, -0.15) is 0 Å². The van der Waals surface area contributed by atoms with Crippen LogP contribution in [-0.4, -0.2) is 30.6 Å². The first-order chi connectivity index (χ1) is 9.52. The normalized spacial score (nSPS) is 10.7. The second kappa shape index (κ2) is 8.73. The number of carbonyl (C=O) groups excluding carboxylic acids is 1. The summed E-state index contributed by atoms with van der Waals surface area (Å²) in [6.45, 7) is 5.92. The van der Waals surface area contributed by atoms with Gasteiger partial charge >= 0.3 is 0 Å². The van der Waals surface area contributed by atoms with Crippen LogP contribution < -0.4 is 16.6 Å². The number of nitrogen functional groups attached to an aromatic ring is 1. The number of halogens is 1. The van der Waals surface area contributed by atoms with Crippen LogP contribution in [0.25, 0.3) is 0 Å². The van der Waals surface area contributed by atoms with E-state index in [-0.39, 0.29) is 11.1 Å². The highest BCUT2D eigenvalue weighted by molar-refractivity contribution is 6.29. The number of nitrogens with two attached hydrogens (primary N) is 1. The number of carbonyl (C=O) groups is 1. The summed E-state index contributed by atoms with van der Waals surface area (Å²) in [5.74, 6) is 5.97. The molecule has 0 aromatic carbocycles. The highest BCUT2D eigenvalue weighted by atomic mass is 35.5. The average Bonchev–Trinajstić information content (AvgIpc) is 2.41. The Morgan fingerprint density at radius 2 is 2.20 bits per heavy atom. The van der Waals surface area contributed by atoms with Gasteiger partial charge in [-0.15, -0.1) is 0 Å². The van der Waals surface area contributed by atoms with Crippen LogP contribution in [0.5, 0.6) is 0 Å². The highest BCUT2D eigenvalue weighted by Crippen LogP contribution is 2.13. The third-order valence-corrected chi connectivity index (χ3v) is 2.77. The lowest BCUT2D eigenvalue weighted by Crippen LogP contribution is -2.27. The lowest BCUT2D eigenvalue weighted by Gasteiger charge is -2.08. The molecular weight excluding hydrogens is 280 g/mol. The Kier molecular flexibility index (Phi) is 7.28. The molecule has 0 saturated heterocycles. The minimum Gasteiger partial charge on any atom is -0.380 e.